The van der Waals surface area contributed by atoms with Gasteiger partial charge in [0, 0.05) is 12.6 Å². The van der Waals surface area contributed by atoms with Crippen LogP contribution in [0.15, 0.2) is 24.3 Å². The molecular weight excluding hydrogens is 241 g/mol. The van der Waals surface area contributed by atoms with Crippen LogP contribution in [0.4, 0.5) is 4.39 Å². The van der Waals surface area contributed by atoms with Crippen LogP contribution in [0.25, 0.3) is 0 Å². The van der Waals surface area contributed by atoms with Gasteiger partial charge in [0.1, 0.15) is 5.82 Å². The molecule has 0 bridgehead atoms. The molecule has 2 rings (SSSR count). The Balaban J connectivity index is 1.60. The zero-order valence-electron chi connectivity index (χ0n) is 11.7. The summed E-state index contributed by atoms with van der Waals surface area (Å²) < 4.78 is 18.9. The molecule has 0 radical (unpaired) electrons. The van der Waals surface area contributed by atoms with Crippen LogP contribution in [0.1, 0.15) is 38.2 Å². The maximum absolute atomic E-state index is 13.1. The van der Waals surface area contributed by atoms with Gasteiger partial charge < -0.3 is 10.1 Å². The first-order valence-electron chi connectivity index (χ1n) is 7.33. The van der Waals surface area contributed by atoms with Gasteiger partial charge in [-0.1, -0.05) is 25.0 Å². The quantitative estimate of drug-likeness (QED) is 0.764. The van der Waals surface area contributed by atoms with E-state index in [1.807, 2.05) is 6.07 Å². The Hall–Kier alpha value is -0.930. The lowest BCUT2D eigenvalue weighted by atomic mass is 10.1. The molecule has 0 aliphatic heterocycles. The fourth-order valence-electron chi connectivity index (χ4n) is 2.68. The molecule has 1 fully saturated rings. The summed E-state index contributed by atoms with van der Waals surface area (Å²) in [6.07, 6.45) is 6.40. The minimum atomic E-state index is -0.158. The smallest absolute Gasteiger partial charge is 0.123 e. The second kappa shape index (κ2) is 7.61. The van der Waals surface area contributed by atoms with Crippen molar-refractivity contribution in [3.63, 3.8) is 0 Å². The highest BCUT2D eigenvalue weighted by molar-refractivity contribution is 5.17. The molecule has 106 valence electrons. The van der Waals surface area contributed by atoms with Crippen molar-refractivity contribution in [3.05, 3.63) is 35.6 Å². The predicted molar refractivity (Wildman–Crippen MR) is 75.8 cm³/mol. The Labute approximate surface area is 115 Å². The maximum atomic E-state index is 13.1. The first-order chi connectivity index (χ1) is 9.24. The number of rotatable bonds is 7. The van der Waals surface area contributed by atoms with Gasteiger partial charge in [0.15, 0.2) is 0 Å². The van der Waals surface area contributed by atoms with Crippen LogP contribution >= 0.6 is 0 Å². The van der Waals surface area contributed by atoms with Gasteiger partial charge in [0.05, 0.1) is 12.7 Å². The molecule has 2 nitrogen and oxygen atoms in total. The van der Waals surface area contributed by atoms with Crippen LogP contribution in [0.3, 0.4) is 0 Å². The summed E-state index contributed by atoms with van der Waals surface area (Å²) >= 11 is 0. The van der Waals surface area contributed by atoms with Gasteiger partial charge in [-0.2, -0.15) is 0 Å². The number of hydrogen-bond donors (Lipinski definition) is 1. The molecule has 1 aromatic rings. The van der Waals surface area contributed by atoms with Gasteiger partial charge in [-0.3, -0.25) is 0 Å². The van der Waals surface area contributed by atoms with E-state index in [9.17, 15) is 4.39 Å². The van der Waals surface area contributed by atoms with Gasteiger partial charge in [-0.05, 0) is 43.9 Å². The van der Waals surface area contributed by atoms with Crippen molar-refractivity contribution in [1.29, 1.82) is 0 Å². The maximum Gasteiger partial charge on any atom is 0.123 e. The van der Waals surface area contributed by atoms with E-state index in [1.165, 1.54) is 31.7 Å². The standard InChI is InChI=1S/C16H24FNO/c1-13(11-14-5-4-6-15(17)12-14)18-9-10-19-16-7-2-3-8-16/h4-6,12-13,16,18H,2-3,7-11H2,1H3. The number of halogens is 1. The van der Waals surface area contributed by atoms with E-state index >= 15 is 0 Å². The van der Waals surface area contributed by atoms with Gasteiger partial charge in [0.2, 0.25) is 0 Å². The number of hydrogen-bond acceptors (Lipinski definition) is 2. The molecule has 0 spiro atoms. The number of nitrogens with one attached hydrogen (secondary N) is 1. The summed E-state index contributed by atoms with van der Waals surface area (Å²) in [5.74, 6) is -0.158. The highest BCUT2D eigenvalue weighted by atomic mass is 19.1. The average Bonchev–Trinajstić information content (AvgIpc) is 2.88. The fourth-order valence-corrected chi connectivity index (χ4v) is 2.68. The van der Waals surface area contributed by atoms with Gasteiger partial charge in [-0.25, -0.2) is 4.39 Å². The van der Waals surface area contributed by atoms with Crippen LogP contribution in [-0.2, 0) is 11.2 Å². The van der Waals surface area contributed by atoms with Crippen molar-refractivity contribution in [3.8, 4) is 0 Å². The zero-order valence-corrected chi connectivity index (χ0v) is 11.7. The SMILES string of the molecule is CC(Cc1cccc(F)c1)NCCOC1CCCC1. The molecule has 0 amide bonds. The summed E-state index contributed by atoms with van der Waals surface area (Å²) in [6.45, 7) is 3.77. The van der Waals surface area contributed by atoms with Crippen LogP contribution in [0, 0.1) is 5.82 Å². The Bertz CT molecular complexity index is 377. The monoisotopic (exact) mass is 265 g/mol. The van der Waals surface area contributed by atoms with E-state index < -0.39 is 0 Å². The van der Waals surface area contributed by atoms with Crippen LogP contribution in [0.2, 0.25) is 0 Å². The lowest BCUT2D eigenvalue weighted by Gasteiger charge is -2.16. The molecule has 1 aliphatic rings. The lowest BCUT2D eigenvalue weighted by Crippen LogP contribution is -2.32. The van der Waals surface area contributed by atoms with Crippen LogP contribution < -0.4 is 5.32 Å². The minimum absolute atomic E-state index is 0.158. The summed E-state index contributed by atoms with van der Waals surface area (Å²) in [7, 11) is 0. The normalized spacial score (nSPS) is 17.8. The van der Waals surface area contributed by atoms with Crippen molar-refractivity contribution in [2.45, 2.75) is 51.2 Å². The van der Waals surface area contributed by atoms with E-state index in [1.54, 1.807) is 12.1 Å². The molecule has 1 saturated carbocycles. The average molecular weight is 265 g/mol. The van der Waals surface area contributed by atoms with Gasteiger partial charge in [-0.15, -0.1) is 0 Å². The minimum Gasteiger partial charge on any atom is -0.377 e. The third kappa shape index (κ3) is 5.29. The summed E-state index contributed by atoms with van der Waals surface area (Å²) in [5.41, 5.74) is 1.04. The van der Waals surface area contributed by atoms with Crippen molar-refractivity contribution in [1.82, 2.24) is 5.32 Å². The Morgan fingerprint density at radius 3 is 2.89 bits per heavy atom. The lowest BCUT2D eigenvalue weighted by molar-refractivity contribution is 0.0593. The van der Waals surface area contributed by atoms with Crippen LogP contribution in [0.5, 0.6) is 0 Å². The van der Waals surface area contributed by atoms with Crippen molar-refractivity contribution < 1.29 is 9.13 Å². The molecule has 1 atom stereocenters. The molecule has 0 saturated heterocycles. The number of benzene rings is 1. The first kappa shape index (κ1) is 14.5. The highest BCUT2D eigenvalue weighted by Gasteiger charge is 2.14. The van der Waals surface area contributed by atoms with Crippen LogP contribution in [-0.4, -0.2) is 25.3 Å². The van der Waals surface area contributed by atoms with Crippen molar-refractivity contribution in [2.24, 2.45) is 0 Å². The fraction of sp³-hybridized carbons (Fsp3) is 0.625. The van der Waals surface area contributed by atoms with Gasteiger partial charge >= 0.3 is 0 Å². The third-order valence-corrected chi connectivity index (χ3v) is 3.68. The van der Waals surface area contributed by atoms with Gasteiger partial charge in [0.25, 0.3) is 0 Å². The molecule has 1 N–H and O–H groups in total. The largest absolute Gasteiger partial charge is 0.377 e. The van der Waals surface area contributed by atoms with E-state index in [0.29, 0.717) is 12.1 Å². The van der Waals surface area contributed by atoms with E-state index in [0.717, 1.165) is 25.1 Å². The van der Waals surface area contributed by atoms with E-state index in [4.69, 9.17) is 4.74 Å². The molecule has 1 aromatic carbocycles. The third-order valence-electron chi connectivity index (χ3n) is 3.68. The van der Waals surface area contributed by atoms with E-state index in [-0.39, 0.29) is 5.82 Å². The molecular formula is C16H24FNO. The molecule has 1 aliphatic carbocycles. The number of ether oxygens (including phenoxy) is 1. The first-order valence-corrected chi connectivity index (χ1v) is 7.33. The molecule has 0 heterocycles. The van der Waals surface area contributed by atoms with Crippen molar-refractivity contribution >= 4 is 0 Å². The Morgan fingerprint density at radius 2 is 2.16 bits per heavy atom. The highest BCUT2D eigenvalue weighted by Crippen LogP contribution is 2.20. The Morgan fingerprint density at radius 1 is 1.37 bits per heavy atom. The molecule has 19 heavy (non-hydrogen) atoms. The molecule has 0 aromatic heterocycles. The second-order valence-electron chi connectivity index (χ2n) is 5.47. The summed E-state index contributed by atoms with van der Waals surface area (Å²) in [5, 5.41) is 3.43. The zero-order chi connectivity index (χ0) is 13.5. The van der Waals surface area contributed by atoms with E-state index in [2.05, 4.69) is 12.2 Å². The molecule has 1 unspecified atom stereocenters. The Kier molecular flexibility index (Phi) is 5.80. The summed E-state index contributed by atoms with van der Waals surface area (Å²) in [6, 6.07) is 7.16. The molecule has 3 heteroatoms. The second-order valence-corrected chi connectivity index (χ2v) is 5.47. The predicted octanol–water partition coefficient (Wildman–Crippen LogP) is 3.31. The van der Waals surface area contributed by atoms with Crippen molar-refractivity contribution in [2.75, 3.05) is 13.2 Å². The summed E-state index contributed by atoms with van der Waals surface area (Å²) in [4.78, 5) is 0. The topological polar surface area (TPSA) is 21.3 Å².